The zero-order valence-corrected chi connectivity index (χ0v) is 11.2. The van der Waals surface area contributed by atoms with Gasteiger partial charge in [0.15, 0.2) is 11.5 Å². The Kier molecular flexibility index (Phi) is 5.29. The van der Waals surface area contributed by atoms with Crippen LogP contribution in [0, 0.1) is 5.92 Å². The summed E-state index contributed by atoms with van der Waals surface area (Å²) < 4.78 is 11.0. The summed E-state index contributed by atoms with van der Waals surface area (Å²) in [5.74, 6) is 2.19. The summed E-state index contributed by atoms with van der Waals surface area (Å²) >= 11 is 0. The molecule has 2 N–H and O–H groups in total. The molecule has 1 aromatic carbocycles. The SMILES string of the molecule is COc1cc([C@H](C)N)ccc1OCCC(C)C. The van der Waals surface area contributed by atoms with Gasteiger partial charge in [-0.05, 0) is 37.0 Å². The molecule has 0 aliphatic rings. The zero-order chi connectivity index (χ0) is 12.8. The lowest BCUT2D eigenvalue weighted by Gasteiger charge is -2.14. The van der Waals surface area contributed by atoms with Gasteiger partial charge >= 0.3 is 0 Å². The Morgan fingerprint density at radius 3 is 2.41 bits per heavy atom. The maximum absolute atomic E-state index is 5.83. The van der Waals surface area contributed by atoms with E-state index in [-0.39, 0.29) is 6.04 Å². The number of hydrogen-bond donors (Lipinski definition) is 1. The Bertz CT molecular complexity index is 348. The fourth-order valence-electron chi connectivity index (χ4n) is 1.49. The van der Waals surface area contributed by atoms with Gasteiger partial charge in [-0.15, -0.1) is 0 Å². The van der Waals surface area contributed by atoms with Crippen molar-refractivity contribution < 1.29 is 9.47 Å². The summed E-state index contributed by atoms with van der Waals surface area (Å²) in [5.41, 5.74) is 6.88. The monoisotopic (exact) mass is 237 g/mol. The molecule has 0 radical (unpaired) electrons. The predicted molar refractivity (Wildman–Crippen MR) is 70.5 cm³/mol. The molecule has 1 rings (SSSR count). The molecule has 0 amide bonds. The summed E-state index contributed by atoms with van der Waals surface area (Å²) in [7, 11) is 1.65. The average Bonchev–Trinajstić information content (AvgIpc) is 2.28. The molecule has 0 aliphatic carbocycles. The van der Waals surface area contributed by atoms with Crippen LogP contribution in [0.15, 0.2) is 18.2 Å². The number of nitrogens with two attached hydrogens (primary N) is 1. The summed E-state index contributed by atoms with van der Waals surface area (Å²) in [4.78, 5) is 0. The molecular weight excluding hydrogens is 214 g/mol. The van der Waals surface area contributed by atoms with Gasteiger partial charge in [0.1, 0.15) is 0 Å². The molecular formula is C14H23NO2. The number of rotatable bonds is 6. The first-order valence-electron chi connectivity index (χ1n) is 6.11. The maximum Gasteiger partial charge on any atom is 0.161 e. The van der Waals surface area contributed by atoms with E-state index < -0.39 is 0 Å². The van der Waals surface area contributed by atoms with Gasteiger partial charge in [0.2, 0.25) is 0 Å². The lowest BCUT2D eigenvalue weighted by molar-refractivity contribution is 0.273. The standard InChI is InChI=1S/C14H23NO2/c1-10(2)7-8-17-13-6-5-12(11(3)15)9-14(13)16-4/h5-6,9-11H,7-8,15H2,1-4H3/t11-/m0/s1. The fraction of sp³-hybridized carbons (Fsp3) is 0.571. The van der Waals surface area contributed by atoms with E-state index >= 15 is 0 Å². The van der Waals surface area contributed by atoms with Crippen LogP contribution < -0.4 is 15.2 Å². The molecule has 0 aromatic heterocycles. The lowest BCUT2D eigenvalue weighted by atomic mass is 10.1. The minimum Gasteiger partial charge on any atom is -0.493 e. The minimum atomic E-state index is 0.00798. The largest absolute Gasteiger partial charge is 0.493 e. The smallest absolute Gasteiger partial charge is 0.161 e. The first-order chi connectivity index (χ1) is 8.04. The third kappa shape index (κ3) is 4.27. The second kappa shape index (κ2) is 6.50. The van der Waals surface area contributed by atoms with Gasteiger partial charge in [-0.3, -0.25) is 0 Å². The fourth-order valence-corrected chi connectivity index (χ4v) is 1.49. The third-order valence-corrected chi connectivity index (χ3v) is 2.67. The van der Waals surface area contributed by atoms with Crippen LogP contribution in [-0.2, 0) is 0 Å². The summed E-state index contributed by atoms with van der Waals surface area (Å²) in [5, 5.41) is 0. The number of hydrogen-bond acceptors (Lipinski definition) is 3. The Labute approximate surface area is 104 Å². The van der Waals surface area contributed by atoms with Crippen LogP contribution in [0.3, 0.4) is 0 Å². The molecule has 96 valence electrons. The molecule has 0 saturated carbocycles. The van der Waals surface area contributed by atoms with Gasteiger partial charge in [0.05, 0.1) is 13.7 Å². The predicted octanol–water partition coefficient (Wildman–Crippen LogP) is 3.14. The molecule has 1 aromatic rings. The number of methoxy groups -OCH3 is 1. The van der Waals surface area contributed by atoms with Crippen molar-refractivity contribution in [1.82, 2.24) is 0 Å². The summed E-state index contributed by atoms with van der Waals surface area (Å²) in [6, 6.07) is 5.86. The van der Waals surface area contributed by atoms with E-state index in [2.05, 4.69) is 13.8 Å². The first-order valence-corrected chi connectivity index (χ1v) is 6.11. The average molecular weight is 237 g/mol. The van der Waals surface area contributed by atoms with Crippen LogP contribution in [-0.4, -0.2) is 13.7 Å². The minimum absolute atomic E-state index is 0.00798. The maximum atomic E-state index is 5.83. The van der Waals surface area contributed by atoms with Crippen LogP contribution in [0.5, 0.6) is 11.5 Å². The van der Waals surface area contributed by atoms with Crippen molar-refractivity contribution >= 4 is 0 Å². The topological polar surface area (TPSA) is 44.5 Å². The van der Waals surface area contributed by atoms with E-state index in [9.17, 15) is 0 Å². The quantitative estimate of drug-likeness (QED) is 0.826. The van der Waals surface area contributed by atoms with Gasteiger partial charge in [0, 0.05) is 6.04 Å². The highest BCUT2D eigenvalue weighted by Gasteiger charge is 2.08. The van der Waals surface area contributed by atoms with Crippen molar-refractivity contribution in [2.24, 2.45) is 11.7 Å². The summed E-state index contributed by atoms with van der Waals surface area (Å²) in [6.07, 6.45) is 1.04. The first kappa shape index (κ1) is 13.8. The Morgan fingerprint density at radius 1 is 1.18 bits per heavy atom. The highest BCUT2D eigenvalue weighted by Crippen LogP contribution is 2.30. The van der Waals surface area contributed by atoms with Crippen LogP contribution in [0.25, 0.3) is 0 Å². The van der Waals surface area contributed by atoms with Gasteiger partial charge < -0.3 is 15.2 Å². The van der Waals surface area contributed by atoms with Crippen molar-refractivity contribution in [3.63, 3.8) is 0 Å². The molecule has 1 atom stereocenters. The number of ether oxygens (including phenoxy) is 2. The second-order valence-electron chi connectivity index (χ2n) is 4.73. The number of benzene rings is 1. The molecule has 0 unspecified atom stereocenters. The lowest BCUT2D eigenvalue weighted by Crippen LogP contribution is -2.06. The molecule has 0 bridgehead atoms. The molecule has 0 fully saturated rings. The van der Waals surface area contributed by atoms with Gasteiger partial charge in [-0.25, -0.2) is 0 Å². The van der Waals surface area contributed by atoms with Crippen LogP contribution in [0.1, 0.15) is 38.8 Å². The van der Waals surface area contributed by atoms with Crippen molar-refractivity contribution in [2.45, 2.75) is 33.2 Å². The molecule has 0 saturated heterocycles. The molecule has 17 heavy (non-hydrogen) atoms. The highest BCUT2D eigenvalue weighted by atomic mass is 16.5. The Morgan fingerprint density at radius 2 is 1.88 bits per heavy atom. The van der Waals surface area contributed by atoms with E-state index in [1.165, 1.54) is 0 Å². The van der Waals surface area contributed by atoms with Crippen molar-refractivity contribution in [1.29, 1.82) is 0 Å². The van der Waals surface area contributed by atoms with E-state index in [1.54, 1.807) is 7.11 Å². The van der Waals surface area contributed by atoms with E-state index in [4.69, 9.17) is 15.2 Å². The van der Waals surface area contributed by atoms with Gasteiger partial charge in [-0.2, -0.15) is 0 Å². The molecule has 0 spiro atoms. The third-order valence-electron chi connectivity index (χ3n) is 2.67. The highest BCUT2D eigenvalue weighted by molar-refractivity contribution is 5.43. The molecule has 3 heteroatoms. The Hall–Kier alpha value is -1.22. The Balaban J connectivity index is 2.71. The van der Waals surface area contributed by atoms with Gasteiger partial charge in [0.25, 0.3) is 0 Å². The van der Waals surface area contributed by atoms with Crippen LogP contribution in [0.2, 0.25) is 0 Å². The second-order valence-corrected chi connectivity index (χ2v) is 4.73. The normalized spacial score (nSPS) is 12.6. The van der Waals surface area contributed by atoms with E-state index in [0.717, 1.165) is 23.5 Å². The zero-order valence-electron chi connectivity index (χ0n) is 11.2. The van der Waals surface area contributed by atoms with Crippen LogP contribution >= 0.6 is 0 Å². The summed E-state index contributed by atoms with van der Waals surface area (Å²) in [6.45, 7) is 7.03. The van der Waals surface area contributed by atoms with Crippen molar-refractivity contribution in [3.8, 4) is 11.5 Å². The molecule has 0 aliphatic heterocycles. The van der Waals surface area contributed by atoms with Gasteiger partial charge in [-0.1, -0.05) is 19.9 Å². The molecule has 0 heterocycles. The van der Waals surface area contributed by atoms with Crippen LogP contribution in [0.4, 0.5) is 0 Å². The van der Waals surface area contributed by atoms with E-state index in [0.29, 0.717) is 12.5 Å². The van der Waals surface area contributed by atoms with Crippen molar-refractivity contribution in [2.75, 3.05) is 13.7 Å². The molecule has 3 nitrogen and oxygen atoms in total. The van der Waals surface area contributed by atoms with Crippen molar-refractivity contribution in [3.05, 3.63) is 23.8 Å². The van der Waals surface area contributed by atoms with E-state index in [1.807, 2.05) is 25.1 Å².